The molecule has 2 rings (SSSR count). The topological polar surface area (TPSA) is 0 Å². The Morgan fingerprint density at radius 1 is 1.00 bits per heavy atom. The van der Waals surface area contributed by atoms with E-state index in [9.17, 15) is 0 Å². The molecule has 1 aliphatic rings. The van der Waals surface area contributed by atoms with Crippen molar-refractivity contribution >= 4 is 0 Å². The molecule has 0 aromatic heterocycles. The molecule has 66 valence electrons. The average molecular weight is 170 g/mol. The molecule has 1 aliphatic carbocycles. The Morgan fingerprint density at radius 3 is 2.38 bits per heavy atom. The van der Waals surface area contributed by atoms with Crippen molar-refractivity contribution < 1.29 is 0 Å². The van der Waals surface area contributed by atoms with E-state index in [0.717, 1.165) is 0 Å². The molecule has 0 saturated heterocycles. The first-order valence-corrected chi connectivity index (χ1v) is 4.70. The normalized spacial score (nSPS) is 15.5. The fourth-order valence-corrected chi connectivity index (χ4v) is 1.77. The summed E-state index contributed by atoms with van der Waals surface area (Å²) in [5.74, 6) is 0.500. The van der Waals surface area contributed by atoms with E-state index in [-0.39, 0.29) is 0 Å². The van der Waals surface area contributed by atoms with Crippen molar-refractivity contribution in [2.75, 3.05) is 0 Å². The van der Waals surface area contributed by atoms with Crippen LogP contribution in [-0.4, -0.2) is 0 Å². The van der Waals surface area contributed by atoms with Crippen LogP contribution in [0.15, 0.2) is 42.5 Å². The molecule has 0 nitrogen and oxygen atoms in total. The highest BCUT2D eigenvalue weighted by atomic mass is 14.1. The van der Waals surface area contributed by atoms with Gasteiger partial charge >= 0.3 is 0 Å². The van der Waals surface area contributed by atoms with Gasteiger partial charge in [0, 0.05) is 5.92 Å². The zero-order valence-corrected chi connectivity index (χ0v) is 8.12. The highest BCUT2D eigenvalue weighted by Crippen LogP contribution is 2.27. The number of benzene rings is 1. The molecule has 0 heterocycles. The lowest BCUT2D eigenvalue weighted by atomic mass is 9.93. The van der Waals surface area contributed by atoms with Crippen LogP contribution in [0.25, 0.3) is 0 Å². The predicted octanol–water partition coefficient (Wildman–Crippen LogP) is 3.51. The van der Waals surface area contributed by atoms with Crippen LogP contribution in [0.5, 0.6) is 0 Å². The largest absolute Gasteiger partial charge is 0.0732 e. The molecule has 1 aromatic carbocycles. The van der Waals surface area contributed by atoms with Gasteiger partial charge in [-0.1, -0.05) is 42.5 Å². The van der Waals surface area contributed by atoms with Crippen LogP contribution in [0.1, 0.15) is 22.6 Å². The summed E-state index contributed by atoms with van der Waals surface area (Å²) in [5.41, 5.74) is 4.24. The summed E-state index contributed by atoms with van der Waals surface area (Å²) in [6.07, 6.45) is 8.71. The Kier molecular flexibility index (Phi) is 2.05. The molecule has 0 aliphatic heterocycles. The smallest absolute Gasteiger partial charge is 0.0207 e. The Balaban J connectivity index is 2.45. The van der Waals surface area contributed by atoms with E-state index in [1.165, 1.54) is 16.7 Å². The molecular weight excluding hydrogens is 156 g/mol. The molecule has 0 atom stereocenters. The van der Waals surface area contributed by atoms with E-state index in [2.05, 4.69) is 56.4 Å². The van der Waals surface area contributed by atoms with Crippen LogP contribution >= 0.6 is 0 Å². The van der Waals surface area contributed by atoms with Crippen LogP contribution in [0.4, 0.5) is 0 Å². The molecule has 0 saturated carbocycles. The molecule has 0 spiro atoms. The van der Waals surface area contributed by atoms with Crippen molar-refractivity contribution in [3.63, 3.8) is 0 Å². The third kappa shape index (κ3) is 1.44. The van der Waals surface area contributed by atoms with E-state index in [0.29, 0.717) is 5.92 Å². The van der Waals surface area contributed by atoms with Gasteiger partial charge in [0.1, 0.15) is 0 Å². The maximum atomic E-state index is 2.24. The van der Waals surface area contributed by atoms with Crippen LogP contribution in [0.2, 0.25) is 0 Å². The van der Waals surface area contributed by atoms with Gasteiger partial charge in [0.15, 0.2) is 0 Å². The number of aryl methyl sites for hydroxylation is 1. The molecule has 0 bridgehead atoms. The second-order valence-corrected chi connectivity index (χ2v) is 3.58. The second-order valence-electron chi connectivity index (χ2n) is 3.58. The summed E-state index contributed by atoms with van der Waals surface area (Å²) in [4.78, 5) is 0. The van der Waals surface area contributed by atoms with E-state index < -0.39 is 0 Å². The van der Waals surface area contributed by atoms with Crippen LogP contribution < -0.4 is 0 Å². The fourth-order valence-electron chi connectivity index (χ4n) is 1.77. The van der Waals surface area contributed by atoms with Gasteiger partial charge in [0.2, 0.25) is 0 Å². The highest BCUT2D eigenvalue weighted by molar-refractivity contribution is 5.42. The molecule has 0 N–H and O–H groups in total. The molecule has 1 aromatic rings. The zero-order valence-electron chi connectivity index (χ0n) is 8.12. The summed E-state index contributed by atoms with van der Waals surface area (Å²) in [5, 5.41) is 0. The molecule has 0 amide bonds. The van der Waals surface area contributed by atoms with Gasteiger partial charge in [-0.05, 0) is 30.5 Å². The minimum absolute atomic E-state index is 0.500. The minimum Gasteiger partial charge on any atom is -0.0732 e. The standard InChI is InChI=1S/C13H14/c1-10-6-5-9-13(11(10)2)12-7-3-4-8-12/h3-9,12H,1-2H3. The second kappa shape index (κ2) is 3.21. The van der Waals surface area contributed by atoms with E-state index in [1.807, 2.05) is 0 Å². The van der Waals surface area contributed by atoms with Crippen molar-refractivity contribution in [2.24, 2.45) is 0 Å². The highest BCUT2D eigenvalue weighted by Gasteiger charge is 2.09. The summed E-state index contributed by atoms with van der Waals surface area (Å²) in [6.45, 7) is 4.37. The van der Waals surface area contributed by atoms with Crippen molar-refractivity contribution in [3.05, 3.63) is 59.2 Å². The van der Waals surface area contributed by atoms with Crippen LogP contribution in [-0.2, 0) is 0 Å². The molecule has 0 unspecified atom stereocenters. The summed E-state index contributed by atoms with van der Waals surface area (Å²) in [7, 11) is 0. The van der Waals surface area contributed by atoms with Gasteiger partial charge in [-0.15, -0.1) is 0 Å². The average Bonchev–Trinajstić information content (AvgIpc) is 2.62. The Bertz CT molecular complexity index is 358. The van der Waals surface area contributed by atoms with E-state index in [1.54, 1.807) is 0 Å². The van der Waals surface area contributed by atoms with Crippen LogP contribution in [0.3, 0.4) is 0 Å². The van der Waals surface area contributed by atoms with Crippen molar-refractivity contribution in [3.8, 4) is 0 Å². The molecule has 13 heavy (non-hydrogen) atoms. The number of rotatable bonds is 1. The zero-order chi connectivity index (χ0) is 9.26. The summed E-state index contributed by atoms with van der Waals surface area (Å²) < 4.78 is 0. The number of allylic oxidation sites excluding steroid dienone is 4. The quantitative estimate of drug-likeness (QED) is 0.605. The molecule has 0 radical (unpaired) electrons. The Labute approximate surface area is 79.6 Å². The van der Waals surface area contributed by atoms with Gasteiger partial charge < -0.3 is 0 Å². The maximum absolute atomic E-state index is 2.24. The molecule has 0 fully saturated rings. The van der Waals surface area contributed by atoms with Crippen molar-refractivity contribution in [1.29, 1.82) is 0 Å². The number of hydrogen-bond acceptors (Lipinski definition) is 0. The minimum atomic E-state index is 0.500. The van der Waals surface area contributed by atoms with Gasteiger partial charge in [-0.25, -0.2) is 0 Å². The monoisotopic (exact) mass is 170 g/mol. The van der Waals surface area contributed by atoms with Gasteiger partial charge in [0.25, 0.3) is 0 Å². The van der Waals surface area contributed by atoms with Gasteiger partial charge in [-0.2, -0.15) is 0 Å². The van der Waals surface area contributed by atoms with Crippen LogP contribution in [0, 0.1) is 13.8 Å². The Hall–Kier alpha value is -1.30. The number of hydrogen-bond donors (Lipinski definition) is 0. The lowest BCUT2D eigenvalue weighted by Gasteiger charge is -2.11. The molecular formula is C13H14. The van der Waals surface area contributed by atoms with Crippen molar-refractivity contribution in [1.82, 2.24) is 0 Å². The van der Waals surface area contributed by atoms with E-state index in [4.69, 9.17) is 0 Å². The first-order valence-electron chi connectivity index (χ1n) is 4.70. The third-order valence-electron chi connectivity index (χ3n) is 2.75. The first kappa shape index (κ1) is 8.31. The Morgan fingerprint density at radius 2 is 1.69 bits per heavy atom. The lowest BCUT2D eigenvalue weighted by Crippen LogP contribution is -1.94. The van der Waals surface area contributed by atoms with Gasteiger partial charge in [-0.3, -0.25) is 0 Å². The third-order valence-corrected chi connectivity index (χ3v) is 2.75. The van der Waals surface area contributed by atoms with Gasteiger partial charge in [0.05, 0.1) is 0 Å². The van der Waals surface area contributed by atoms with Crippen molar-refractivity contribution in [2.45, 2.75) is 19.8 Å². The fraction of sp³-hybridized carbons (Fsp3) is 0.231. The SMILES string of the molecule is Cc1cccc(C2C=CC=C2)c1C. The molecule has 0 heteroatoms. The maximum Gasteiger partial charge on any atom is 0.0207 e. The first-order chi connectivity index (χ1) is 6.29. The van der Waals surface area contributed by atoms with E-state index >= 15 is 0 Å². The predicted molar refractivity (Wildman–Crippen MR) is 56.9 cm³/mol. The summed E-state index contributed by atoms with van der Waals surface area (Å²) in [6, 6.07) is 6.52. The summed E-state index contributed by atoms with van der Waals surface area (Å²) >= 11 is 0. The lowest BCUT2D eigenvalue weighted by molar-refractivity contribution is 1.06.